The Morgan fingerprint density at radius 1 is 0.389 bits per heavy atom. The van der Waals surface area contributed by atoms with E-state index >= 15 is 0 Å². The molecule has 0 aromatic heterocycles. The highest BCUT2D eigenvalue weighted by Crippen LogP contribution is 2.39. The SMILES string of the molecule is CN(C)c1ccc(C(/C=C(\C(=C\C(=C2C=CC(=[N+](C)C)C=C2)c2ccc(N(C)C)cc2)c2ccccc2)c2ccccc2)=C2C=CC(=[N+](C)C)C=C2)cc1. The first kappa shape index (κ1) is 37.5. The molecule has 4 aromatic carbocycles. The van der Waals surface area contributed by atoms with Crippen molar-refractivity contribution < 1.29 is 9.15 Å². The second kappa shape index (κ2) is 17.0. The lowest BCUT2D eigenvalue weighted by Gasteiger charge is -2.20. The fourth-order valence-electron chi connectivity index (χ4n) is 6.58. The molecule has 0 amide bonds. The highest BCUT2D eigenvalue weighted by Gasteiger charge is 2.18. The van der Waals surface area contributed by atoms with E-state index in [0.717, 1.165) is 78.5 Å². The van der Waals surface area contributed by atoms with Crippen LogP contribution >= 0.6 is 0 Å². The van der Waals surface area contributed by atoms with Crippen LogP contribution in [0.3, 0.4) is 0 Å². The molecule has 4 heteroatoms. The molecule has 0 saturated carbocycles. The van der Waals surface area contributed by atoms with Crippen molar-refractivity contribution in [2.24, 2.45) is 0 Å². The third kappa shape index (κ3) is 8.85. The van der Waals surface area contributed by atoms with Crippen molar-refractivity contribution >= 4 is 45.1 Å². The van der Waals surface area contributed by atoms with E-state index in [-0.39, 0.29) is 0 Å². The zero-order valence-corrected chi connectivity index (χ0v) is 33.0. The maximum absolute atomic E-state index is 2.39. The first-order chi connectivity index (χ1) is 26.1. The van der Waals surface area contributed by atoms with Gasteiger partial charge < -0.3 is 9.80 Å². The van der Waals surface area contributed by atoms with E-state index in [1.54, 1.807) is 0 Å². The smallest absolute Gasteiger partial charge is 0.199 e. The summed E-state index contributed by atoms with van der Waals surface area (Å²) < 4.78 is 4.29. The Morgan fingerprint density at radius 2 is 0.704 bits per heavy atom. The summed E-state index contributed by atoms with van der Waals surface area (Å²) in [6.07, 6.45) is 22.6. The Labute approximate surface area is 322 Å². The lowest BCUT2D eigenvalue weighted by molar-refractivity contribution is -0.462. The predicted molar refractivity (Wildman–Crippen MR) is 235 cm³/mol. The molecule has 0 radical (unpaired) electrons. The molecular weight excluding hydrogens is 657 g/mol. The molecule has 0 N–H and O–H groups in total. The van der Waals surface area contributed by atoms with Crippen molar-refractivity contribution in [2.45, 2.75) is 0 Å². The Morgan fingerprint density at radius 3 is 0.981 bits per heavy atom. The van der Waals surface area contributed by atoms with E-state index in [1.165, 1.54) is 0 Å². The number of rotatable bonds is 9. The summed E-state index contributed by atoms with van der Waals surface area (Å²) in [6.45, 7) is 0. The molecule has 0 saturated heterocycles. The lowest BCUT2D eigenvalue weighted by atomic mass is 9.85. The standard InChI is InChI=1S/C50H52N4/c1-51(2)43-27-19-39(20-28-43)47(40-21-29-44(30-22-40)52(3)4)35-49(37-15-11-9-12-16-37)50(38-17-13-10-14-18-38)36-48(41-23-31-45(32-24-41)53(5)6)42-25-33-46(34-26-42)54(7)8/h9-36H,1-8H3/q+2/b49-35-,50-36+. The molecule has 0 bridgehead atoms. The third-order valence-corrected chi connectivity index (χ3v) is 9.82. The summed E-state index contributed by atoms with van der Waals surface area (Å²) in [6, 6.07) is 39.4. The predicted octanol–water partition coefficient (Wildman–Crippen LogP) is 9.87. The fraction of sp³-hybridized carbons (Fsp3) is 0.160. The van der Waals surface area contributed by atoms with Crippen molar-refractivity contribution in [3.05, 3.63) is 203 Å². The van der Waals surface area contributed by atoms with Crippen LogP contribution in [-0.4, -0.2) is 77.0 Å². The van der Waals surface area contributed by atoms with Gasteiger partial charge in [-0.15, -0.1) is 0 Å². The molecule has 2 aliphatic rings. The molecule has 0 aliphatic heterocycles. The molecule has 4 aromatic rings. The molecule has 4 nitrogen and oxygen atoms in total. The van der Waals surface area contributed by atoms with Gasteiger partial charge in [-0.3, -0.25) is 0 Å². The van der Waals surface area contributed by atoms with E-state index in [2.05, 4.69) is 245 Å². The molecule has 54 heavy (non-hydrogen) atoms. The zero-order chi connectivity index (χ0) is 38.2. The lowest BCUT2D eigenvalue weighted by Crippen LogP contribution is -2.10. The van der Waals surface area contributed by atoms with Gasteiger partial charge in [0.05, 0.1) is 0 Å². The minimum absolute atomic E-state index is 1.14. The Balaban J connectivity index is 1.68. The highest BCUT2D eigenvalue weighted by molar-refractivity contribution is 6.13. The average molecular weight is 709 g/mol. The summed E-state index contributed by atoms with van der Waals surface area (Å²) in [5.74, 6) is 0. The zero-order valence-electron chi connectivity index (χ0n) is 33.0. The van der Waals surface area contributed by atoms with Crippen LogP contribution in [0.15, 0.2) is 181 Å². The van der Waals surface area contributed by atoms with Gasteiger partial charge in [0.15, 0.2) is 11.4 Å². The topological polar surface area (TPSA) is 12.5 Å². The van der Waals surface area contributed by atoms with Crippen LogP contribution in [0.1, 0.15) is 22.3 Å². The van der Waals surface area contributed by atoms with Crippen molar-refractivity contribution in [1.29, 1.82) is 0 Å². The van der Waals surface area contributed by atoms with Gasteiger partial charge in [-0.1, -0.05) is 84.9 Å². The number of nitrogens with zero attached hydrogens (tertiary/aromatic N) is 4. The Bertz CT molecular complexity index is 2090. The van der Waals surface area contributed by atoms with Crippen molar-refractivity contribution in [2.75, 3.05) is 66.2 Å². The Hall–Kier alpha value is -6.26. The van der Waals surface area contributed by atoms with Crippen molar-refractivity contribution in [3.8, 4) is 0 Å². The van der Waals surface area contributed by atoms with Gasteiger partial charge in [-0.05, 0) is 116 Å². The number of benzene rings is 4. The van der Waals surface area contributed by atoms with Gasteiger partial charge in [0, 0.05) is 63.9 Å². The molecule has 0 atom stereocenters. The van der Waals surface area contributed by atoms with Crippen LogP contribution in [0.25, 0.3) is 22.3 Å². The van der Waals surface area contributed by atoms with Crippen molar-refractivity contribution in [3.63, 3.8) is 0 Å². The van der Waals surface area contributed by atoms with Crippen molar-refractivity contribution in [1.82, 2.24) is 0 Å². The van der Waals surface area contributed by atoms with Gasteiger partial charge in [0.25, 0.3) is 0 Å². The summed E-state index contributed by atoms with van der Waals surface area (Å²) in [5.41, 5.74) is 16.1. The van der Waals surface area contributed by atoms with E-state index in [9.17, 15) is 0 Å². The average Bonchev–Trinajstić information content (AvgIpc) is 3.20. The van der Waals surface area contributed by atoms with Crippen LogP contribution in [0.5, 0.6) is 0 Å². The van der Waals surface area contributed by atoms with Gasteiger partial charge in [-0.25, -0.2) is 9.15 Å². The number of hydrogen-bond acceptors (Lipinski definition) is 2. The number of hydrogen-bond donors (Lipinski definition) is 0. The second-order valence-electron chi connectivity index (χ2n) is 14.4. The Kier molecular flexibility index (Phi) is 11.8. The summed E-state index contributed by atoms with van der Waals surface area (Å²) in [4.78, 5) is 4.29. The van der Waals surface area contributed by atoms with E-state index in [4.69, 9.17) is 0 Å². The summed E-state index contributed by atoms with van der Waals surface area (Å²) >= 11 is 0. The van der Waals surface area contributed by atoms with E-state index < -0.39 is 0 Å². The highest BCUT2D eigenvalue weighted by atomic mass is 15.1. The largest absolute Gasteiger partial charge is 0.378 e. The normalized spacial score (nSPS) is 14.1. The fourth-order valence-corrected chi connectivity index (χ4v) is 6.58. The number of anilines is 2. The maximum Gasteiger partial charge on any atom is 0.199 e. The molecule has 2 aliphatic carbocycles. The number of allylic oxidation sites excluding steroid dienone is 16. The summed E-state index contributed by atoms with van der Waals surface area (Å²) in [7, 11) is 16.7. The maximum atomic E-state index is 2.39. The van der Waals surface area contributed by atoms with Crippen LogP contribution in [0, 0.1) is 0 Å². The third-order valence-electron chi connectivity index (χ3n) is 9.82. The van der Waals surface area contributed by atoms with E-state index in [1.807, 2.05) is 0 Å². The molecule has 0 heterocycles. The van der Waals surface area contributed by atoms with Gasteiger partial charge in [-0.2, -0.15) is 0 Å². The molecule has 0 fully saturated rings. The van der Waals surface area contributed by atoms with Gasteiger partial charge in [0.1, 0.15) is 28.2 Å². The first-order valence-electron chi connectivity index (χ1n) is 18.5. The van der Waals surface area contributed by atoms with Crippen LogP contribution < -0.4 is 9.80 Å². The molecule has 270 valence electrons. The first-order valence-corrected chi connectivity index (χ1v) is 18.5. The minimum Gasteiger partial charge on any atom is -0.378 e. The van der Waals surface area contributed by atoms with Crippen LogP contribution in [-0.2, 0) is 0 Å². The van der Waals surface area contributed by atoms with Crippen LogP contribution in [0.2, 0.25) is 0 Å². The molecule has 6 rings (SSSR count). The second-order valence-corrected chi connectivity index (χ2v) is 14.4. The van der Waals surface area contributed by atoms with Gasteiger partial charge >= 0.3 is 0 Å². The van der Waals surface area contributed by atoms with Crippen LogP contribution in [0.4, 0.5) is 11.4 Å². The monoisotopic (exact) mass is 708 g/mol. The molecular formula is C50H52N4+2. The minimum atomic E-state index is 1.14. The van der Waals surface area contributed by atoms with Gasteiger partial charge in [0.2, 0.25) is 0 Å². The quantitative estimate of drug-likeness (QED) is 0.127. The molecule has 0 unspecified atom stereocenters. The van der Waals surface area contributed by atoms with E-state index in [0.29, 0.717) is 0 Å². The molecule has 0 spiro atoms. The summed E-state index contributed by atoms with van der Waals surface area (Å²) in [5, 5.41) is 0.